The average molecular weight is 506 g/mol. The number of nitrogens with zero attached hydrogens (tertiary/aromatic N) is 1. The number of para-hydroxylation sites is 1. The van der Waals surface area contributed by atoms with Gasteiger partial charge in [0.05, 0.1) is 5.56 Å². The van der Waals surface area contributed by atoms with Crippen molar-refractivity contribution < 1.29 is 28.6 Å². The summed E-state index contributed by atoms with van der Waals surface area (Å²) in [6.07, 6.45) is 1.26. The maximum atomic E-state index is 16.3. The summed E-state index contributed by atoms with van der Waals surface area (Å²) in [5.74, 6) is -4.51. The van der Waals surface area contributed by atoms with Crippen molar-refractivity contribution >= 4 is 29.2 Å². The van der Waals surface area contributed by atoms with E-state index >= 15 is 4.39 Å². The van der Waals surface area contributed by atoms with Gasteiger partial charge in [0.1, 0.15) is 5.75 Å². The summed E-state index contributed by atoms with van der Waals surface area (Å²) in [6.45, 7) is 2.53. The third kappa shape index (κ3) is 6.31. The minimum atomic E-state index is -2.69. The fourth-order valence-corrected chi connectivity index (χ4v) is 4.20. The summed E-state index contributed by atoms with van der Waals surface area (Å²) in [5.41, 5.74) is 2.53. The number of ether oxygens (including phenoxy) is 1. The van der Waals surface area contributed by atoms with Gasteiger partial charge >= 0.3 is 18.0 Å². The average Bonchev–Trinajstić information content (AvgIpc) is 3.42. The van der Waals surface area contributed by atoms with Gasteiger partial charge in [-0.15, -0.1) is 0 Å². The molecular weight excluding hydrogens is 477 g/mol. The Morgan fingerprint density at radius 2 is 1.65 bits per heavy atom. The lowest BCUT2D eigenvalue weighted by Crippen LogP contribution is -2.55. The van der Waals surface area contributed by atoms with E-state index in [1.165, 1.54) is 29.2 Å². The van der Waals surface area contributed by atoms with Crippen molar-refractivity contribution in [2.24, 2.45) is 0 Å². The highest BCUT2D eigenvalue weighted by atomic mass is 19.2. The maximum Gasteiger partial charge on any atom is 0.371 e. The van der Waals surface area contributed by atoms with Crippen LogP contribution in [0.5, 0.6) is 5.75 Å². The predicted octanol–water partition coefficient (Wildman–Crippen LogP) is 5.25. The molecule has 4 rings (SSSR count). The normalized spacial score (nSPS) is 15.0. The molecule has 37 heavy (non-hydrogen) atoms. The Labute approximate surface area is 214 Å². The lowest BCUT2D eigenvalue weighted by atomic mass is 10.0. The van der Waals surface area contributed by atoms with Gasteiger partial charge in [-0.25, -0.2) is 14.5 Å². The highest BCUT2D eigenvalue weighted by Crippen LogP contribution is 2.30. The van der Waals surface area contributed by atoms with Crippen LogP contribution in [0.3, 0.4) is 0 Å². The van der Waals surface area contributed by atoms with Gasteiger partial charge in [-0.2, -0.15) is 4.39 Å². The van der Waals surface area contributed by atoms with E-state index in [4.69, 9.17) is 9.84 Å². The number of benzene rings is 3. The number of rotatable bonds is 9. The van der Waals surface area contributed by atoms with Crippen LogP contribution in [-0.4, -0.2) is 46.9 Å². The van der Waals surface area contributed by atoms with Gasteiger partial charge in [-0.1, -0.05) is 30.3 Å². The number of aryl methyl sites for hydroxylation is 1. The number of hydrogen-bond acceptors (Lipinski definition) is 5. The second kappa shape index (κ2) is 11.2. The first kappa shape index (κ1) is 25.8. The number of likely N-dealkylation sites (tertiary alicyclic amines) is 1. The zero-order chi connectivity index (χ0) is 26.4. The molecule has 1 unspecified atom stereocenters. The third-order valence-corrected chi connectivity index (χ3v) is 6.15. The maximum absolute atomic E-state index is 16.3. The molecule has 1 saturated heterocycles. The number of carbonyl (C=O) groups is 3. The fraction of sp³-hybridized carbons (Fsp3) is 0.250. The molecule has 2 amide bonds. The molecule has 3 aromatic carbocycles. The summed E-state index contributed by atoms with van der Waals surface area (Å²) in [7, 11) is 0. The second-order valence-corrected chi connectivity index (χ2v) is 8.88. The van der Waals surface area contributed by atoms with E-state index in [0.717, 1.165) is 12.8 Å². The third-order valence-electron chi connectivity index (χ3n) is 6.15. The van der Waals surface area contributed by atoms with Crippen molar-refractivity contribution in [3.8, 4) is 5.75 Å². The number of halogens is 1. The topological polar surface area (TPSA) is 108 Å². The number of amides is 2. The zero-order valence-electron chi connectivity index (χ0n) is 20.4. The first-order valence-electron chi connectivity index (χ1n) is 12.0. The Kier molecular flexibility index (Phi) is 7.83. The molecule has 1 aliphatic rings. The monoisotopic (exact) mass is 505 g/mol. The molecule has 0 aromatic heterocycles. The van der Waals surface area contributed by atoms with Crippen molar-refractivity contribution in [2.75, 3.05) is 23.7 Å². The number of ketones is 1. The van der Waals surface area contributed by atoms with Crippen molar-refractivity contribution in [1.82, 2.24) is 4.90 Å². The Morgan fingerprint density at radius 3 is 2.27 bits per heavy atom. The SMILES string of the molecule is Cc1cc(CC(=O)C(F)(Oc2ccc(C(=O)O)cc2)N2CCCC2)ccc1NC(=O)Nc1ccccc1. The van der Waals surface area contributed by atoms with Gasteiger partial charge in [0.15, 0.2) is 0 Å². The molecule has 1 aliphatic heterocycles. The number of nitrogens with one attached hydrogen (secondary N) is 2. The highest BCUT2D eigenvalue weighted by Gasteiger charge is 2.48. The molecule has 9 heteroatoms. The van der Waals surface area contributed by atoms with E-state index in [9.17, 15) is 14.4 Å². The van der Waals surface area contributed by atoms with Crippen LogP contribution in [0.25, 0.3) is 0 Å². The molecule has 1 heterocycles. The molecule has 3 N–H and O–H groups in total. The Balaban J connectivity index is 1.46. The summed E-state index contributed by atoms with van der Waals surface area (Å²) in [5, 5.41) is 14.6. The number of urea groups is 1. The molecular formula is C28H28FN3O5. The zero-order valence-corrected chi connectivity index (χ0v) is 20.4. The van der Waals surface area contributed by atoms with Crippen LogP contribution < -0.4 is 15.4 Å². The number of hydrogen-bond donors (Lipinski definition) is 3. The quantitative estimate of drug-likeness (QED) is 0.343. The van der Waals surface area contributed by atoms with Gasteiger partial charge in [0, 0.05) is 30.9 Å². The van der Waals surface area contributed by atoms with Crippen molar-refractivity contribution in [1.29, 1.82) is 0 Å². The number of alkyl halides is 1. The summed E-state index contributed by atoms with van der Waals surface area (Å²) >= 11 is 0. The fourth-order valence-electron chi connectivity index (χ4n) is 4.20. The standard InChI is InChI=1S/C28H28FN3O5/c1-19-17-20(9-14-24(19)31-27(36)30-22-7-3-2-4-8-22)18-25(33)28(29,32-15-5-6-16-32)37-23-12-10-21(11-13-23)26(34)35/h2-4,7-14,17H,5-6,15-16,18H2,1H3,(H,34,35)(H2,30,31,36). The molecule has 0 bridgehead atoms. The van der Waals surface area contributed by atoms with Gasteiger partial charge in [0.2, 0.25) is 5.78 Å². The van der Waals surface area contributed by atoms with Crippen LogP contribution >= 0.6 is 0 Å². The Bertz CT molecular complexity index is 1280. The molecule has 0 spiro atoms. The summed E-state index contributed by atoms with van der Waals surface area (Å²) < 4.78 is 21.8. The van der Waals surface area contributed by atoms with E-state index in [2.05, 4.69) is 10.6 Å². The molecule has 1 atom stereocenters. The second-order valence-electron chi connectivity index (χ2n) is 8.88. The largest absolute Gasteiger partial charge is 0.478 e. The molecule has 1 fully saturated rings. The van der Waals surface area contributed by atoms with Gasteiger partial charge in [-0.3, -0.25) is 4.79 Å². The van der Waals surface area contributed by atoms with Crippen LogP contribution in [0.4, 0.5) is 20.6 Å². The van der Waals surface area contributed by atoms with E-state index in [1.54, 1.807) is 37.3 Å². The molecule has 0 aliphatic carbocycles. The van der Waals surface area contributed by atoms with Crippen LogP contribution in [0.1, 0.15) is 34.3 Å². The van der Waals surface area contributed by atoms with Gasteiger partial charge in [-0.05, 0) is 73.4 Å². The molecule has 0 saturated carbocycles. The summed E-state index contributed by atoms with van der Waals surface area (Å²) in [4.78, 5) is 38.1. The highest BCUT2D eigenvalue weighted by molar-refractivity contribution is 6.00. The first-order valence-corrected chi connectivity index (χ1v) is 12.0. The molecule has 0 radical (unpaired) electrons. The molecule has 8 nitrogen and oxygen atoms in total. The first-order chi connectivity index (χ1) is 17.7. The van der Waals surface area contributed by atoms with Crippen molar-refractivity contribution in [3.63, 3.8) is 0 Å². The number of carboxylic acids is 1. The van der Waals surface area contributed by atoms with E-state index in [1.807, 2.05) is 18.2 Å². The number of Topliss-reactive ketones (excluding diaryl/α,β-unsaturated/α-hetero) is 1. The predicted molar refractivity (Wildman–Crippen MR) is 138 cm³/mol. The van der Waals surface area contributed by atoms with Crippen LogP contribution in [0.15, 0.2) is 72.8 Å². The summed E-state index contributed by atoms with van der Waals surface area (Å²) in [6, 6.07) is 19.0. The minimum absolute atomic E-state index is 0.0333. The van der Waals surface area contributed by atoms with Crippen LogP contribution in [0.2, 0.25) is 0 Å². The lowest BCUT2D eigenvalue weighted by Gasteiger charge is -2.33. The van der Waals surface area contributed by atoms with Crippen LogP contribution in [-0.2, 0) is 11.2 Å². The van der Waals surface area contributed by atoms with Crippen molar-refractivity contribution in [2.45, 2.75) is 32.2 Å². The number of carboxylic acid groups (broad SMARTS) is 1. The lowest BCUT2D eigenvalue weighted by molar-refractivity contribution is -0.191. The Morgan fingerprint density at radius 1 is 0.973 bits per heavy atom. The van der Waals surface area contributed by atoms with Crippen molar-refractivity contribution in [3.05, 3.63) is 89.5 Å². The minimum Gasteiger partial charge on any atom is -0.478 e. The van der Waals surface area contributed by atoms with Gasteiger partial charge in [0.25, 0.3) is 0 Å². The van der Waals surface area contributed by atoms with E-state index in [0.29, 0.717) is 35.6 Å². The van der Waals surface area contributed by atoms with E-state index in [-0.39, 0.29) is 17.7 Å². The smallest absolute Gasteiger partial charge is 0.371 e. The molecule has 3 aromatic rings. The van der Waals surface area contributed by atoms with E-state index < -0.39 is 23.8 Å². The van der Waals surface area contributed by atoms with Crippen LogP contribution in [0, 0.1) is 6.92 Å². The number of aromatic carboxylic acids is 1. The number of carbonyl (C=O) groups excluding carboxylic acids is 2. The Hall–Kier alpha value is -4.24. The number of anilines is 2. The van der Waals surface area contributed by atoms with Gasteiger partial charge < -0.3 is 20.5 Å². The molecule has 192 valence electrons.